The maximum absolute atomic E-state index is 14.2. The summed E-state index contributed by atoms with van der Waals surface area (Å²) in [6.45, 7) is 9.83. The fourth-order valence-corrected chi connectivity index (χ4v) is 8.65. The number of amides is 2. The van der Waals surface area contributed by atoms with Crippen molar-refractivity contribution in [2.24, 2.45) is 4.99 Å². The van der Waals surface area contributed by atoms with Gasteiger partial charge in [0.1, 0.15) is 17.6 Å². The van der Waals surface area contributed by atoms with Gasteiger partial charge in [-0.3, -0.25) is 19.6 Å². The van der Waals surface area contributed by atoms with Crippen molar-refractivity contribution in [1.29, 1.82) is 0 Å². The normalized spacial score (nSPS) is 19.4. The van der Waals surface area contributed by atoms with E-state index in [-0.39, 0.29) is 24.5 Å². The van der Waals surface area contributed by atoms with Crippen molar-refractivity contribution in [3.8, 4) is 11.3 Å². The van der Waals surface area contributed by atoms with Gasteiger partial charge in [-0.15, -0.1) is 22.7 Å². The molecule has 15 heteroatoms. The third kappa shape index (κ3) is 6.94. The van der Waals surface area contributed by atoms with Crippen molar-refractivity contribution in [3.05, 3.63) is 97.1 Å². The minimum absolute atomic E-state index is 0.0820. The van der Waals surface area contributed by atoms with Crippen LogP contribution in [0.4, 0.5) is 14.3 Å². The lowest BCUT2D eigenvalue weighted by Gasteiger charge is -2.38. The molecule has 2 fully saturated rings. The number of ketones is 1. The zero-order valence-electron chi connectivity index (χ0n) is 29.1. The Labute approximate surface area is 317 Å². The van der Waals surface area contributed by atoms with Gasteiger partial charge < -0.3 is 15.0 Å². The Bertz CT molecular complexity index is 2100. The quantitative estimate of drug-likeness (QED) is 0.179. The number of rotatable bonds is 10. The van der Waals surface area contributed by atoms with E-state index < -0.39 is 23.2 Å². The van der Waals surface area contributed by atoms with Crippen molar-refractivity contribution in [3.63, 3.8) is 0 Å². The number of hydrogen-bond donors (Lipinski definition) is 1. The Morgan fingerprint density at radius 2 is 1.96 bits per heavy atom. The van der Waals surface area contributed by atoms with Crippen LogP contribution in [0, 0.1) is 5.82 Å². The standard InChI is InChI=1S/C37H37BrFN7O4S2/c1-5-50-34(48)30-28(41-32(33-40-11-14-51-33)43-31(30)26-10-9-24(39)16-27(26)38)19-44-12-13-45-25(17-44)18-46(36(45)49)35-42-29(20-52-35)22-7-6-8-23(15-22)37(3,4)21(2)47/h6-11,14-16,20,25,31H,5,12-13,17-19H2,1-4H3,(H,41,43)/t25-,31-/m0/s1. The highest BCUT2D eigenvalue weighted by atomic mass is 79.9. The smallest absolute Gasteiger partial charge is 0.338 e. The summed E-state index contributed by atoms with van der Waals surface area (Å²) >= 11 is 6.33. The maximum atomic E-state index is 14.2. The first-order valence-electron chi connectivity index (χ1n) is 16.9. The number of aromatic nitrogens is 2. The van der Waals surface area contributed by atoms with Gasteiger partial charge in [0.15, 0.2) is 16.0 Å². The number of amidine groups is 1. The first kappa shape index (κ1) is 36.1. The molecule has 270 valence electrons. The van der Waals surface area contributed by atoms with Crippen LogP contribution in [0.15, 0.2) is 80.2 Å². The van der Waals surface area contributed by atoms with Crippen LogP contribution in [0.3, 0.4) is 0 Å². The van der Waals surface area contributed by atoms with E-state index >= 15 is 0 Å². The van der Waals surface area contributed by atoms with E-state index in [0.29, 0.717) is 70.0 Å². The number of ether oxygens (including phenoxy) is 1. The van der Waals surface area contributed by atoms with Crippen LogP contribution >= 0.6 is 38.6 Å². The molecule has 0 saturated carbocycles. The number of benzene rings is 2. The van der Waals surface area contributed by atoms with Crippen LogP contribution in [0.5, 0.6) is 0 Å². The van der Waals surface area contributed by atoms with Crippen LogP contribution in [0.25, 0.3) is 11.3 Å². The summed E-state index contributed by atoms with van der Waals surface area (Å²) in [4.78, 5) is 59.7. The van der Waals surface area contributed by atoms with E-state index in [1.165, 1.54) is 34.8 Å². The van der Waals surface area contributed by atoms with Crippen LogP contribution in [0.2, 0.25) is 0 Å². The molecule has 2 atom stereocenters. The SMILES string of the molecule is CCOC(=O)C1=C(CN2CCN3C(=O)N(c4nc(-c5cccc(C(C)(C)C(C)=O)c5)cs4)C[C@@H]3C2)NC(c2nccs2)=N[C@H]1c1ccc(F)cc1Br. The summed E-state index contributed by atoms with van der Waals surface area (Å²) < 4.78 is 20.2. The van der Waals surface area contributed by atoms with Crippen LogP contribution < -0.4 is 10.2 Å². The Morgan fingerprint density at radius 1 is 1.13 bits per heavy atom. The van der Waals surface area contributed by atoms with Gasteiger partial charge in [0.2, 0.25) is 0 Å². The van der Waals surface area contributed by atoms with Crippen LogP contribution in [-0.2, 0) is 19.7 Å². The maximum Gasteiger partial charge on any atom is 0.338 e. The molecule has 5 heterocycles. The molecular formula is C37H37BrFN7O4S2. The number of piperazine rings is 1. The molecule has 0 bridgehead atoms. The number of thiazole rings is 2. The lowest BCUT2D eigenvalue weighted by Crippen LogP contribution is -2.53. The summed E-state index contributed by atoms with van der Waals surface area (Å²) in [5.41, 5.74) is 3.52. The van der Waals surface area contributed by atoms with E-state index in [1.54, 1.807) is 31.0 Å². The summed E-state index contributed by atoms with van der Waals surface area (Å²) in [5.74, 6) is -0.330. The summed E-state index contributed by atoms with van der Waals surface area (Å²) in [7, 11) is 0. The molecule has 2 saturated heterocycles. The zero-order valence-corrected chi connectivity index (χ0v) is 32.3. The lowest BCUT2D eigenvalue weighted by atomic mass is 9.80. The number of halogens is 2. The molecule has 1 N–H and O–H groups in total. The highest BCUT2D eigenvalue weighted by Crippen LogP contribution is 2.38. The number of nitrogens with one attached hydrogen (secondary N) is 1. The van der Waals surface area contributed by atoms with E-state index in [0.717, 1.165) is 16.8 Å². The lowest BCUT2D eigenvalue weighted by molar-refractivity contribution is -0.139. The third-order valence-electron chi connectivity index (χ3n) is 9.82. The molecule has 52 heavy (non-hydrogen) atoms. The molecule has 3 aliphatic heterocycles. The number of anilines is 1. The summed E-state index contributed by atoms with van der Waals surface area (Å²) in [6, 6.07) is 11.2. The number of hydrogen-bond acceptors (Lipinski definition) is 11. The second kappa shape index (κ2) is 14.6. The average molecular weight is 807 g/mol. The second-order valence-electron chi connectivity index (χ2n) is 13.4. The van der Waals surface area contributed by atoms with Crippen molar-refractivity contribution in [2.45, 2.75) is 45.2 Å². The van der Waals surface area contributed by atoms with Crippen molar-refractivity contribution >= 4 is 67.4 Å². The minimum Gasteiger partial charge on any atom is -0.463 e. The van der Waals surface area contributed by atoms with Crippen molar-refractivity contribution < 1.29 is 23.5 Å². The number of esters is 1. The van der Waals surface area contributed by atoms with E-state index in [2.05, 4.69) is 31.1 Å². The monoisotopic (exact) mass is 805 g/mol. The number of carbonyl (C=O) groups is 3. The average Bonchev–Trinajstić information content (AvgIpc) is 3.89. The second-order valence-corrected chi connectivity index (χ2v) is 16.0. The predicted octanol–water partition coefficient (Wildman–Crippen LogP) is 6.57. The molecule has 2 amide bonds. The number of urea groups is 1. The first-order chi connectivity index (χ1) is 24.9. The topological polar surface area (TPSA) is 120 Å². The number of nitrogens with zero attached hydrogens (tertiary/aromatic N) is 6. The Kier molecular flexibility index (Phi) is 10.1. The molecule has 2 aromatic heterocycles. The summed E-state index contributed by atoms with van der Waals surface area (Å²) in [6.07, 6.45) is 1.69. The van der Waals surface area contributed by atoms with Crippen LogP contribution in [0.1, 0.15) is 49.9 Å². The molecular weight excluding hydrogens is 769 g/mol. The third-order valence-corrected chi connectivity index (χ3v) is 12.1. The largest absolute Gasteiger partial charge is 0.463 e. The number of aliphatic imine (C=N–C) groups is 1. The fourth-order valence-electron chi connectivity index (χ4n) is 6.66. The molecule has 7 rings (SSSR count). The van der Waals surface area contributed by atoms with Crippen molar-refractivity contribution in [2.75, 3.05) is 44.2 Å². The first-order valence-corrected chi connectivity index (χ1v) is 19.5. The molecule has 0 spiro atoms. The Hall–Kier alpha value is -4.31. The van der Waals surface area contributed by atoms with Gasteiger partial charge in [-0.2, -0.15) is 0 Å². The van der Waals surface area contributed by atoms with Gasteiger partial charge in [0, 0.05) is 64.3 Å². The number of Topliss-reactive ketones (excluding diaryl/α,β-unsaturated/α-hetero) is 1. The molecule has 0 aliphatic carbocycles. The zero-order chi connectivity index (χ0) is 36.7. The molecule has 0 radical (unpaired) electrons. The van der Waals surface area contributed by atoms with Gasteiger partial charge in [0.05, 0.1) is 30.5 Å². The van der Waals surface area contributed by atoms with Gasteiger partial charge in [0.25, 0.3) is 0 Å². The number of carbonyl (C=O) groups excluding carboxylic acids is 3. The van der Waals surface area contributed by atoms with E-state index in [1.807, 2.05) is 53.8 Å². The molecule has 4 aromatic rings. The van der Waals surface area contributed by atoms with Crippen LogP contribution in [-0.4, -0.2) is 88.8 Å². The highest BCUT2D eigenvalue weighted by Gasteiger charge is 2.43. The Morgan fingerprint density at radius 3 is 2.69 bits per heavy atom. The molecule has 3 aliphatic rings. The summed E-state index contributed by atoms with van der Waals surface area (Å²) in [5, 5.41) is 8.47. The molecule has 2 aromatic carbocycles. The minimum atomic E-state index is -0.776. The molecule has 11 nitrogen and oxygen atoms in total. The molecule has 0 unspecified atom stereocenters. The van der Waals surface area contributed by atoms with E-state index in [4.69, 9.17) is 14.7 Å². The number of fused-ring (bicyclic) bond motifs is 1. The van der Waals surface area contributed by atoms with Gasteiger partial charge >= 0.3 is 12.0 Å². The van der Waals surface area contributed by atoms with Gasteiger partial charge in [-0.1, -0.05) is 40.2 Å². The van der Waals surface area contributed by atoms with E-state index in [9.17, 15) is 18.8 Å². The fraction of sp³-hybridized carbons (Fsp3) is 0.351. The van der Waals surface area contributed by atoms with Gasteiger partial charge in [-0.25, -0.2) is 23.9 Å². The van der Waals surface area contributed by atoms with Crippen molar-refractivity contribution in [1.82, 2.24) is 25.1 Å². The highest BCUT2D eigenvalue weighted by molar-refractivity contribution is 9.10. The van der Waals surface area contributed by atoms with Gasteiger partial charge in [-0.05, 0) is 57.0 Å². The Balaban J connectivity index is 1.13. The predicted molar refractivity (Wildman–Crippen MR) is 203 cm³/mol.